The van der Waals surface area contributed by atoms with Crippen LogP contribution < -0.4 is 10.6 Å². The zero-order valence-electron chi connectivity index (χ0n) is 17.4. The number of nitrogens with zero attached hydrogens (tertiary/aromatic N) is 3. The molecule has 0 aromatic rings. The first-order valence-corrected chi connectivity index (χ1v) is 9.50. The van der Waals surface area contributed by atoms with Gasteiger partial charge >= 0.3 is 0 Å². The van der Waals surface area contributed by atoms with Crippen LogP contribution in [0.15, 0.2) is 4.99 Å². The van der Waals surface area contributed by atoms with Gasteiger partial charge in [-0.05, 0) is 39.3 Å². The van der Waals surface area contributed by atoms with Crippen molar-refractivity contribution in [1.29, 1.82) is 0 Å². The van der Waals surface area contributed by atoms with E-state index in [1.807, 2.05) is 14.1 Å². The van der Waals surface area contributed by atoms with Crippen molar-refractivity contribution in [2.45, 2.75) is 46.5 Å². The summed E-state index contributed by atoms with van der Waals surface area (Å²) in [4.78, 5) is 21.4. The third-order valence-electron chi connectivity index (χ3n) is 4.77. The van der Waals surface area contributed by atoms with Crippen LogP contribution >= 0.6 is 0 Å². The average molecular weight is 354 g/mol. The SMILES string of the molecule is CCNC(=NCC(C)(C)CN(C)C)NCC1(C(=O)N(C)C)CCCC1. The highest BCUT2D eigenvalue weighted by atomic mass is 16.2. The summed E-state index contributed by atoms with van der Waals surface area (Å²) in [6.45, 7) is 9.73. The van der Waals surface area contributed by atoms with Gasteiger partial charge < -0.3 is 20.4 Å². The maximum Gasteiger partial charge on any atom is 0.230 e. The topological polar surface area (TPSA) is 60.0 Å². The molecule has 6 nitrogen and oxygen atoms in total. The zero-order valence-corrected chi connectivity index (χ0v) is 17.4. The second-order valence-corrected chi connectivity index (χ2v) is 8.64. The van der Waals surface area contributed by atoms with Crippen molar-refractivity contribution in [2.24, 2.45) is 15.8 Å². The Morgan fingerprint density at radius 2 is 1.72 bits per heavy atom. The fourth-order valence-corrected chi connectivity index (χ4v) is 3.79. The van der Waals surface area contributed by atoms with Gasteiger partial charge in [0.15, 0.2) is 5.96 Å². The third-order valence-corrected chi connectivity index (χ3v) is 4.77. The van der Waals surface area contributed by atoms with Crippen molar-refractivity contribution in [3.63, 3.8) is 0 Å². The second kappa shape index (κ2) is 9.41. The number of hydrogen-bond acceptors (Lipinski definition) is 3. The molecule has 0 bridgehead atoms. The van der Waals surface area contributed by atoms with Crippen molar-refractivity contribution in [2.75, 3.05) is 54.4 Å². The lowest BCUT2D eigenvalue weighted by Gasteiger charge is -2.32. The molecular formula is C19H39N5O. The Morgan fingerprint density at radius 1 is 1.12 bits per heavy atom. The van der Waals surface area contributed by atoms with E-state index in [-0.39, 0.29) is 16.7 Å². The highest BCUT2D eigenvalue weighted by Crippen LogP contribution is 2.38. The molecule has 25 heavy (non-hydrogen) atoms. The van der Waals surface area contributed by atoms with E-state index in [2.05, 4.69) is 50.4 Å². The molecule has 1 fully saturated rings. The molecule has 0 aromatic heterocycles. The van der Waals surface area contributed by atoms with Crippen molar-refractivity contribution in [3.8, 4) is 0 Å². The lowest BCUT2D eigenvalue weighted by molar-refractivity contribution is -0.138. The summed E-state index contributed by atoms with van der Waals surface area (Å²) in [6, 6.07) is 0. The molecule has 1 saturated carbocycles. The number of rotatable bonds is 8. The Kier molecular flexibility index (Phi) is 8.19. The molecule has 0 saturated heterocycles. The van der Waals surface area contributed by atoms with Gasteiger partial charge in [-0.1, -0.05) is 26.7 Å². The van der Waals surface area contributed by atoms with Gasteiger partial charge in [0.25, 0.3) is 0 Å². The van der Waals surface area contributed by atoms with Crippen LogP contribution in [0.25, 0.3) is 0 Å². The average Bonchev–Trinajstić information content (AvgIpc) is 2.98. The molecule has 1 aliphatic rings. The van der Waals surface area contributed by atoms with Gasteiger partial charge in [-0.15, -0.1) is 0 Å². The summed E-state index contributed by atoms with van der Waals surface area (Å²) < 4.78 is 0. The van der Waals surface area contributed by atoms with Crippen LogP contribution in [0.5, 0.6) is 0 Å². The fraction of sp³-hybridized carbons (Fsp3) is 0.895. The van der Waals surface area contributed by atoms with Crippen molar-refractivity contribution in [1.82, 2.24) is 20.4 Å². The highest BCUT2D eigenvalue weighted by Gasteiger charge is 2.42. The normalized spacial score (nSPS) is 17.7. The smallest absolute Gasteiger partial charge is 0.230 e. The van der Waals surface area contributed by atoms with E-state index in [0.717, 1.165) is 51.3 Å². The number of carbonyl (C=O) groups is 1. The first kappa shape index (κ1) is 21.7. The summed E-state index contributed by atoms with van der Waals surface area (Å²) in [5.41, 5.74) is -0.171. The molecule has 146 valence electrons. The molecule has 6 heteroatoms. The molecule has 0 spiro atoms. The minimum atomic E-state index is -0.279. The minimum Gasteiger partial charge on any atom is -0.357 e. The largest absolute Gasteiger partial charge is 0.357 e. The van der Waals surface area contributed by atoms with Gasteiger partial charge in [-0.25, -0.2) is 0 Å². The summed E-state index contributed by atoms with van der Waals surface area (Å²) in [5, 5.41) is 6.76. The van der Waals surface area contributed by atoms with Gasteiger partial charge in [-0.3, -0.25) is 9.79 Å². The number of nitrogens with one attached hydrogen (secondary N) is 2. The first-order valence-electron chi connectivity index (χ1n) is 9.50. The van der Waals surface area contributed by atoms with Gasteiger partial charge in [0.1, 0.15) is 0 Å². The number of carbonyl (C=O) groups excluding carboxylic acids is 1. The first-order chi connectivity index (χ1) is 11.6. The molecule has 0 aliphatic heterocycles. The van der Waals surface area contributed by atoms with Gasteiger partial charge in [-0.2, -0.15) is 0 Å². The van der Waals surface area contributed by atoms with Crippen LogP contribution in [0.4, 0.5) is 0 Å². The van der Waals surface area contributed by atoms with E-state index in [4.69, 9.17) is 4.99 Å². The molecule has 0 unspecified atom stereocenters. The van der Waals surface area contributed by atoms with Crippen LogP contribution in [0.3, 0.4) is 0 Å². The highest BCUT2D eigenvalue weighted by molar-refractivity contribution is 5.85. The van der Waals surface area contributed by atoms with E-state index in [0.29, 0.717) is 6.54 Å². The van der Waals surface area contributed by atoms with Crippen LogP contribution in [-0.4, -0.2) is 76.0 Å². The Balaban J connectivity index is 2.76. The predicted molar refractivity (Wildman–Crippen MR) is 106 cm³/mol. The minimum absolute atomic E-state index is 0.107. The Bertz CT molecular complexity index is 451. The molecule has 0 radical (unpaired) electrons. The van der Waals surface area contributed by atoms with Crippen LogP contribution in [0.2, 0.25) is 0 Å². The van der Waals surface area contributed by atoms with E-state index in [9.17, 15) is 4.79 Å². The van der Waals surface area contributed by atoms with Crippen molar-refractivity contribution >= 4 is 11.9 Å². The fourth-order valence-electron chi connectivity index (χ4n) is 3.79. The van der Waals surface area contributed by atoms with Crippen LogP contribution in [0, 0.1) is 10.8 Å². The molecule has 0 aromatic carbocycles. The van der Waals surface area contributed by atoms with Crippen LogP contribution in [0.1, 0.15) is 46.5 Å². The van der Waals surface area contributed by atoms with Crippen molar-refractivity contribution < 1.29 is 4.79 Å². The molecule has 0 heterocycles. The number of guanidine groups is 1. The van der Waals surface area contributed by atoms with Gasteiger partial charge in [0.05, 0.1) is 5.41 Å². The summed E-state index contributed by atoms with van der Waals surface area (Å²) in [5.74, 6) is 1.05. The Morgan fingerprint density at radius 3 is 2.20 bits per heavy atom. The predicted octanol–water partition coefficient (Wildman–Crippen LogP) is 1.78. The van der Waals surface area contributed by atoms with Gasteiger partial charge in [0, 0.05) is 40.3 Å². The molecule has 2 N–H and O–H groups in total. The van der Waals surface area contributed by atoms with E-state index in [1.54, 1.807) is 4.90 Å². The number of hydrogen-bond donors (Lipinski definition) is 2. The molecule has 1 aliphatic carbocycles. The second-order valence-electron chi connectivity index (χ2n) is 8.64. The standard InChI is InChI=1S/C19H39N5O/c1-8-20-17(21-13-18(2,3)15-23(4)5)22-14-19(11-9-10-12-19)16(25)24(6)7/h8-15H2,1-7H3,(H2,20,21,22). The zero-order chi connectivity index (χ0) is 19.1. The van der Waals surface area contributed by atoms with Gasteiger partial charge in [0.2, 0.25) is 5.91 Å². The molecule has 1 amide bonds. The maximum atomic E-state index is 12.7. The molecule has 0 atom stereocenters. The molecule has 1 rings (SSSR count). The lowest BCUT2D eigenvalue weighted by atomic mass is 9.84. The number of amides is 1. The lowest BCUT2D eigenvalue weighted by Crippen LogP contribution is -2.49. The Hall–Kier alpha value is -1.30. The van der Waals surface area contributed by atoms with Crippen molar-refractivity contribution in [3.05, 3.63) is 0 Å². The summed E-state index contributed by atoms with van der Waals surface area (Å²) in [7, 11) is 7.88. The number of aliphatic imine (C=N–C) groups is 1. The summed E-state index contributed by atoms with van der Waals surface area (Å²) >= 11 is 0. The van der Waals surface area contributed by atoms with E-state index >= 15 is 0 Å². The third kappa shape index (κ3) is 6.84. The maximum absolute atomic E-state index is 12.7. The summed E-state index contributed by atoms with van der Waals surface area (Å²) in [6.07, 6.45) is 4.18. The molecular weight excluding hydrogens is 314 g/mol. The Labute approximate surface area is 154 Å². The van der Waals surface area contributed by atoms with E-state index in [1.165, 1.54) is 0 Å². The van der Waals surface area contributed by atoms with Crippen LogP contribution in [-0.2, 0) is 4.79 Å². The quantitative estimate of drug-likeness (QED) is 0.516. The monoisotopic (exact) mass is 353 g/mol. The van der Waals surface area contributed by atoms with E-state index < -0.39 is 0 Å².